The molecule has 1 fully saturated rings. The number of halogens is 1. The second kappa shape index (κ2) is 8.57. The van der Waals surface area contributed by atoms with Gasteiger partial charge in [0.15, 0.2) is 0 Å². The number of ether oxygens (including phenoxy) is 1. The van der Waals surface area contributed by atoms with Gasteiger partial charge in [0.2, 0.25) is 0 Å². The van der Waals surface area contributed by atoms with E-state index in [1.54, 1.807) is 18.1 Å². The van der Waals surface area contributed by atoms with Gasteiger partial charge in [-0.05, 0) is 48.7 Å². The molecule has 29 heavy (non-hydrogen) atoms. The van der Waals surface area contributed by atoms with Crippen LogP contribution in [-0.2, 0) is 11.8 Å². The summed E-state index contributed by atoms with van der Waals surface area (Å²) in [5.74, 6) is 0.160. The van der Waals surface area contributed by atoms with E-state index in [1.165, 1.54) is 10.2 Å². The van der Waals surface area contributed by atoms with Crippen molar-refractivity contribution in [3.05, 3.63) is 56.9 Å². The topological polar surface area (TPSA) is 76.5 Å². The van der Waals surface area contributed by atoms with Crippen molar-refractivity contribution in [3.8, 4) is 0 Å². The van der Waals surface area contributed by atoms with Crippen LogP contribution in [0.1, 0.15) is 38.7 Å². The third-order valence-corrected chi connectivity index (χ3v) is 5.58. The Labute approximate surface area is 179 Å². The van der Waals surface area contributed by atoms with Gasteiger partial charge < -0.3 is 15.0 Å². The Balaban J connectivity index is 1.84. The van der Waals surface area contributed by atoms with Crippen molar-refractivity contribution in [2.24, 2.45) is 7.05 Å². The highest BCUT2D eigenvalue weighted by Crippen LogP contribution is 2.30. The summed E-state index contributed by atoms with van der Waals surface area (Å²) in [5, 5.41) is 7.48. The molecular formula is C21H27BrN4O3. The molecule has 0 spiro atoms. The molecule has 1 aliphatic rings. The number of carbonyl (C=O) groups is 1. The normalized spacial score (nSPS) is 19.7. The van der Waals surface area contributed by atoms with Crippen LogP contribution in [-0.4, -0.2) is 45.5 Å². The number of hydrogen-bond acceptors (Lipinski definition) is 5. The molecule has 3 rings (SSSR count). The summed E-state index contributed by atoms with van der Waals surface area (Å²) in [4.78, 5) is 26.7. The highest BCUT2D eigenvalue weighted by atomic mass is 79.9. The number of aromatic nitrogens is 2. The number of anilines is 1. The van der Waals surface area contributed by atoms with Crippen LogP contribution >= 0.6 is 15.9 Å². The van der Waals surface area contributed by atoms with E-state index in [9.17, 15) is 9.59 Å². The predicted molar refractivity (Wildman–Crippen MR) is 116 cm³/mol. The molecule has 1 aliphatic heterocycles. The van der Waals surface area contributed by atoms with Crippen LogP contribution in [0.15, 0.2) is 45.8 Å². The molecule has 0 unspecified atom stereocenters. The van der Waals surface area contributed by atoms with Crippen LogP contribution < -0.4 is 10.9 Å². The Morgan fingerprint density at radius 2 is 1.93 bits per heavy atom. The van der Waals surface area contributed by atoms with Gasteiger partial charge in [-0.1, -0.05) is 30.3 Å². The van der Waals surface area contributed by atoms with Gasteiger partial charge in [-0.3, -0.25) is 4.79 Å². The number of rotatable bonds is 3. The molecule has 1 amide bonds. The maximum absolute atomic E-state index is 12.8. The molecule has 1 aromatic carbocycles. The van der Waals surface area contributed by atoms with Crippen molar-refractivity contribution in [2.45, 2.75) is 44.8 Å². The van der Waals surface area contributed by atoms with Crippen LogP contribution in [0.5, 0.6) is 0 Å². The van der Waals surface area contributed by atoms with Crippen LogP contribution in [0.3, 0.4) is 0 Å². The summed E-state index contributed by atoms with van der Waals surface area (Å²) in [6, 6.07) is 10.1. The molecule has 8 heteroatoms. The van der Waals surface area contributed by atoms with Crippen molar-refractivity contribution in [1.29, 1.82) is 0 Å². The quantitative estimate of drug-likeness (QED) is 0.751. The Hall–Kier alpha value is -2.35. The van der Waals surface area contributed by atoms with E-state index in [1.807, 2.05) is 39.0 Å². The molecule has 2 aromatic rings. The average molecular weight is 463 g/mol. The van der Waals surface area contributed by atoms with Crippen molar-refractivity contribution in [2.75, 3.05) is 18.4 Å². The molecule has 0 saturated carbocycles. The van der Waals surface area contributed by atoms with Crippen LogP contribution in [0.2, 0.25) is 0 Å². The number of benzene rings is 1. The highest BCUT2D eigenvalue weighted by Gasteiger charge is 2.33. The van der Waals surface area contributed by atoms with E-state index >= 15 is 0 Å². The fourth-order valence-electron chi connectivity index (χ4n) is 3.48. The summed E-state index contributed by atoms with van der Waals surface area (Å²) in [7, 11) is 1.60. The minimum absolute atomic E-state index is 0.0494. The van der Waals surface area contributed by atoms with Gasteiger partial charge in [0, 0.05) is 32.1 Å². The molecule has 0 aliphatic carbocycles. The summed E-state index contributed by atoms with van der Waals surface area (Å²) in [5.41, 5.74) is 1.03. The van der Waals surface area contributed by atoms with Gasteiger partial charge in [0.1, 0.15) is 10.1 Å². The molecule has 2 heterocycles. The van der Waals surface area contributed by atoms with Crippen molar-refractivity contribution in [1.82, 2.24) is 14.7 Å². The Morgan fingerprint density at radius 3 is 2.59 bits per heavy atom. The average Bonchev–Trinajstić information content (AvgIpc) is 2.67. The largest absolute Gasteiger partial charge is 0.444 e. The second-order valence-electron chi connectivity index (χ2n) is 8.37. The first kappa shape index (κ1) is 21.4. The first-order valence-corrected chi connectivity index (χ1v) is 10.4. The Morgan fingerprint density at radius 1 is 1.24 bits per heavy atom. The van der Waals surface area contributed by atoms with Gasteiger partial charge >= 0.3 is 6.09 Å². The fourth-order valence-corrected chi connectivity index (χ4v) is 3.95. The molecule has 7 nitrogen and oxygen atoms in total. The Kier molecular flexibility index (Phi) is 6.31. The first-order valence-electron chi connectivity index (χ1n) is 9.65. The van der Waals surface area contributed by atoms with Crippen LogP contribution in [0.25, 0.3) is 0 Å². The molecule has 1 aromatic heterocycles. The molecule has 0 radical (unpaired) electrons. The molecule has 1 saturated heterocycles. The van der Waals surface area contributed by atoms with Gasteiger partial charge in [-0.15, -0.1) is 0 Å². The molecular weight excluding hydrogens is 436 g/mol. The lowest BCUT2D eigenvalue weighted by Gasteiger charge is -2.39. The zero-order valence-electron chi connectivity index (χ0n) is 17.2. The Bertz CT molecular complexity index is 924. The SMILES string of the molecule is Cn1ncc(N[C@@H]2C[C@H](c3ccccc3)CN(C(=O)OC(C)(C)C)C2)c(Br)c1=O. The maximum atomic E-state index is 12.8. The van der Waals surface area contributed by atoms with E-state index in [4.69, 9.17) is 4.74 Å². The van der Waals surface area contributed by atoms with E-state index in [-0.39, 0.29) is 23.6 Å². The first-order chi connectivity index (χ1) is 13.6. The van der Waals surface area contributed by atoms with E-state index in [2.05, 4.69) is 38.5 Å². The van der Waals surface area contributed by atoms with Crippen molar-refractivity contribution < 1.29 is 9.53 Å². The summed E-state index contributed by atoms with van der Waals surface area (Å²) >= 11 is 3.36. The summed E-state index contributed by atoms with van der Waals surface area (Å²) in [6.45, 7) is 6.67. The maximum Gasteiger partial charge on any atom is 0.410 e. The van der Waals surface area contributed by atoms with Gasteiger partial charge in [0.25, 0.3) is 5.56 Å². The molecule has 2 atom stereocenters. The van der Waals surface area contributed by atoms with Crippen molar-refractivity contribution >= 4 is 27.7 Å². The standard InChI is InChI=1S/C21H27BrN4O3/c1-21(2,3)29-20(28)26-12-15(14-8-6-5-7-9-14)10-16(13-26)24-17-11-23-25(4)19(27)18(17)22/h5-9,11,15-16,24H,10,12-13H2,1-4H3/t15-,16+/m0/s1. The lowest BCUT2D eigenvalue weighted by Crippen LogP contribution is -2.49. The fraction of sp³-hybridized carbons (Fsp3) is 0.476. The molecule has 156 valence electrons. The number of amides is 1. The number of carbonyl (C=O) groups excluding carboxylic acids is 1. The van der Waals surface area contributed by atoms with Gasteiger partial charge in [-0.25, -0.2) is 9.48 Å². The lowest BCUT2D eigenvalue weighted by atomic mass is 9.88. The summed E-state index contributed by atoms with van der Waals surface area (Å²) in [6.07, 6.45) is 2.12. The third kappa shape index (κ3) is 5.38. The smallest absolute Gasteiger partial charge is 0.410 e. The lowest BCUT2D eigenvalue weighted by molar-refractivity contribution is 0.0187. The van der Waals surface area contributed by atoms with E-state index in [0.29, 0.717) is 23.2 Å². The third-order valence-electron chi connectivity index (χ3n) is 4.81. The number of likely N-dealkylation sites (tertiary alicyclic amines) is 1. The number of piperidine rings is 1. The van der Waals surface area contributed by atoms with E-state index in [0.717, 1.165) is 6.42 Å². The number of aryl methyl sites for hydroxylation is 1. The zero-order valence-corrected chi connectivity index (χ0v) is 18.8. The van der Waals surface area contributed by atoms with E-state index < -0.39 is 5.60 Å². The predicted octanol–water partition coefficient (Wildman–Crippen LogP) is 3.75. The number of nitrogens with zero attached hydrogens (tertiary/aromatic N) is 3. The second-order valence-corrected chi connectivity index (χ2v) is 9.16. The summed E-state index contributed by atoms with van der Waals surface area (Å²) < 4.78 is 7.31. The van der Waals surface area contributed by atoms with Crippen LogP contribution in [0.4, 0.5) is 10.5 Å². The molecule has 1 N–H and O–H groups in total. The highest BCUT2D eigenvalue weighted by molar-refractivity contribution is 9.10. The molecule has 0 bridgehead atoms. The number of hydrogen-bond donors (Lipinski definition) is 1. The van der Waals surface area contributed by atoms with Crippen molar-refractivity contribution in [3.63, 3.8) is 0 Å². The zero-order chi connectivity index (χ0) is 21.2. The minimum Gasteiger partial charge on any atom is -0.444 e. The van der Waals surface area contributed by atoms with Gasteiger partial charge in [0.05, 0.1) is 11.9 Å². The minimum atomic E-state index is -0.557. The monoisotopic (exact) mass is 462 g/mol. The number of nitrogens with one attached hydrogen (secondary N) is 1. The van der Waals surface area contributed by atoms with Crippen LogP contribution in [0, 0.1) is 0 Å². The van der Waals surface area contributed by atoms with Gasteiger partial charge in [-0.2, -0.15) is 5.10 Å².